The van der Waals surface area contributed by atoms with Crippen molar-refractivity contribution < 1.29 is 14.3 Å². The minimum absolute atomic E-state index is 0.260. The summed E-state index contributed by atoms with van der Waals surface area (Å²) in [6, 6.07) is 7.63. The van der Waals surface area contributed by atoms with Crippen molar-refractivity contribution >= 4 is 11.6 Å². The first kappa shape index (κ1) is 19.3. The Morgan fingerprint density at radius 2 is 2.15 bits per heavy atom. The highest BCUT2D eigenvalue weighted by atomic mass is 16.5. The molecule has 2 aromatic rings. The molecular formula is C19H27N5O3. The number of rotatable bonds is 8. The van der Waals surface area contributed by atoms with Crippen LogP contribution in [0.4, 0.5) is 5.69 Å². The molecule has 1 saturated heterocycles. The fraction of sp³-hybridized carbons (Fsp3) is 0.526. The van der Waals surface area contributed by atoms with Gasteiger partial charge in [-0.1, -0.05) is 11.3 Å². The Labute approximate surface area is 159 Å². The first-order valence-electron chi connectivity index (χ1n) is 9.34. The van der Waals surface area contributed by atoms with Gasteiger partial charge in [-0.2, -0.15) is 0 Å². The Morgan fingerprint density at radius 3 is 2.93 bits per heavy atom. The number of hydrogen-bond donors (Lipinski definition) is 2. The summed E-state index contributed by atoms with van der Waals surface area (Å²) in [5.74, 6) is 0.447. The normalized spacial score (nSPS) is 14.9. The lowest BCUT2D eigenvalue weighted by atomic mass is 10.1. The van der Waals surface area contributed by atoms with Gasteiger partial charge in [-0.05, 0) is 45.0 Å². The smallest absolute Gasteiger partial charge is 0.278 e. The summed E-state index contributed by atoms with van der Waals surface area (Å²) in [6.45, 7) is 5.04. The largest absolute Gasteiger partial charge is 0.493 e. The van der Waals surface area contributed by atoms with Crippen LogP contribution in [0.3, 0.4) is 0 Å². The number of nitrogens with zero attached hydrogens (tertiary/aromatic N) is 3. The monoisotopic (exact) mass is 373 g/mol. The molecule has 3 rings (SSSR count). The molecule has 0 spiro atoms. The predicted octanol–water partition coefficient (Wildman–Crippen LogP) is 2.18. The Kier molecular flexibility index (Phi) is 6.78. The van der Waals surface area contributed by atoms with Crippen LogP contribution in [0.25, 0.3) is 0 Å². The zero-order valence-corrected chi connectivity index (χ0v) is 15.9. The van der Waals surface area contributed by atoms with E-state index in [1.165, 1.54) is 0 Å². The average Bonchev–Trinajstić information content (AvgIpc) is 3.08. The zero-order chi connectivity index (χ0) is 19.1. The van der Waals surface area contributed by atoms with Crippen molar-refractivity contribution in [3.8, 4) is 5.75 Å². The van der Waals surface area contributed by atoms with E-state index in [0.717, 1.165) is 38.0 Å². The maximum atomic E-state index is 12.6. The standard InChI is InChI=1S/C19H27N5O3/c1-14-18(22-23-24(14)16-7-9-20-10-8-16)19(25)21-15-5-3-6-17(13-15)27-12-4-11-26-2/h3,5-6,13,16,20H,4,7-12H2,1-2H3,(H,21,25). The van der Waals surface area contributed by atoms with Gasteiger partial charge in [0.2, 0.25) is 0 Å². The van der Waals surface area contributed by atoms with Crippen molar-refractivity contribution in [1.29, 1.82) is 0 Å². The Balaban J connectivity index is 1.62. The van der Waals surface area contributed by atoms with Crippen molar-refractivity contribution in [3.05, 3.63) is 35.7 Å². The van der Waals surface area contributed by atoms with Gasteiger partial charge in [-0.25, -0.2) is 4.68 Å². The molecule has 27 heavy (non-hydrogen) atoms. The van der Waals surface area contributed by atoms with Gasteiger partial charge in [0.15, 0.2) is 5.69 Å². The maximum Gasteiger partial charge on any atom is 0.278 e. The predicted molar refractivity (Wildman–Crippen MR) is 102 cm³/mol. The second kappa shape index (κ2) is 9.48. The van der Waals surface area contributed by atoms with Gasteiger partial charge in [0, 0.05) is 31.9 Å². The number of anilines is 1. The molecule has 1 aliphatic rings. The van der Waals surface area contributed by atoms with Gasteiger partial charge in [-0.3, -0.25) is 4.79 Å². The summed E-state index contributed by atoms with van der Waals surface area (Å²) in [5, 5.41) is 14.6. The van der Waals surface area contributed by atoms with Crippen LogP contribution in [-0.2, 0) is 4.74 Å². The third-order valence-corrected chi connectivity index (χ3v) is 4.65. The summed E-state index contributed by atoms with van der Waals surface area (Å²) < 4.78 is 12.6. The van der Waals surface area contributed by atoms with Gasteiger partial charge >= 0.3 is 0 Å². The van der Waals surface area contributed by atoms with Crippen molar-refractivity contribution in [1.82, 2.24) is 20.3 Å². The quantitative estimate of drug-likeness (QED) is 0.690. The number of carbonyl (C=O) groups excluding carboxylic acids is 1. The third-order valence-electron chi connectivity index (χ3n) is 4.65. The van der Waals surface area contributed by atoms with Crippen LogP contribution in [0.2, 0.25) is 0 Å². The first-order valence-corrected chi connectivity index (χ1v) is 9.34. The molecule has 0 bridgehead atoms. The second-order valence-electron chi connectivity index (χ2n) is 6.63. The molecule has 1 amide bonds. The van der Waals surface area contributed by atoms with Crippen LogP contribution in [0.1, 0.15) is 41.5 Å². The minimum Gasteiger partial charge on any atom is -0.493 e. The van der Waals surface area contributed by atoms with Crippen molar-refractivity contribution in [2.24, 2.45) is 0 Å². The molecular weight excluding hydrogens is 346 g/mol. The van der Waals surface area contributed by atoms with E-state index in [0.29, 0.717) is 36.4 Å². The molecule has 1 aliphatic heterocycles. The molecule has 0 atom stereocenters. The lowest BCUT2D eigenvalue weighted by molar-refractivity contribution is 0.102. The van der Waals surface area contributed by atoms with Crippen LogP contribution in [-0.4, -0.2) is 54.3 Å². The van der Waals surface area contributed by atoms with Crippen LogP contribution >= 0.6 is 0 Å². The number of amides is 1. The summed E-state index contributed by atoms with van der Waals surface area (Å²) >= 11 is 0. The Morgan fingerprint density at radius 1 is 1.33 bits per heavy atom. The zero-order valence-electron chi connectivity index (χ0n) is 15.9. The van der Waals surface area contributed by atoms with E-state index < -0.39 is 0 Å². The maximum absolute atomic E-state index is 12.6. The minimum atomic E-state index is -0.260. The average molecular weight is 373 g/mol. The highest BCUT2D eigenvalue weighted by Crippen LogP contribution is 2.22. The van der Waals surface area contributed by atoms with Crippen molar-refractivity contribution in [3.63, 3.8) is 0 Å². The Bertz CT molecular complexity index is 756. The summed E-state index contributed by atoms with van der Waals surface area (Å²) in [6.07, 6.45) is 2.80. The summed E-state index contributed by atoms with van der Waals surface area (Å²) in [5.41, 5.74) is 1.83. The van der Waals surface area contributed by atoms with E-state index in [9.17, 15) is 4.79 Å². The number of benzene rings is 1. The van der Waals surface area contributed by atoms with Crippen LogP contribution in [0, 0.1) is 6.92 Å². The molecule has 1 aromatic carbocycles. The highest BCUT2D eigenvalue weighted by molar-refractivity contribution is 6.03. The number of hydrogen-bond acceptors (Lipinski definition) is 6. The van der Waals surface area contributed by atoms with E-state index in [1.807, 2.05) is 29.8 Å². The van der Waals surface area contributed by atoms with Crippen molar-refractivity contribution in [2.45, 2.75) is 32.2 Å². The number of carbonyl (C=O) groups is 1. The highest BCUT2D eigenvalue weighted by Gasteiger charge is 2.23. The van der Waals surface area contributed by atoms with Crippen LogP contribution < -0.4 is 15.4 Å². The molecule has 1 aromatic heterocycles. The molecule has 0 unspecified atom stereocenters. The molecule has 0 saturated carbocycles. The SMILES string of the molecule is COCCCOc1cccc(NC(=O)c2nnn(C3CCNCC3)c2C)c1. The van der Waals surface area contributed by atoms with E-state index in [-0.39, 0.29) is 5.91 Å². The van der Waals surface area contributed by atoms with Gasteiger partial charge in [-0.15, -0.1) is 5.10 Å². The molecule has 2 N–H and O–H groups in total. The number of methoxy groups -OCH3 is 1. The molecule has 0 radical (unpaired) electrons. The number of ether oxygens (including phenoxy) is 2. The number of piperidine rings is 1. The topological polar surface area (TPSA) is 90.3 Å². The molecule has 8 heteroatoms. The van der Waals surface area contributed by atoms with Crippen LogP contribution in [0.5, 0.6) is 5.75 Å². The van der Waals surface area contributed by atoms with Gasteiger partial charge in [0.1, 0.15) is 5.75 Å². The summed E-state index contributed by atoms with van der Waals surface area (Å²) in [4.78, 5) is 12.6. The van der Waals surface area contributed by atoms with E-state index in [1.54, 1.807) is 13.2 Å². The number of nitrogens with one attached hydrogen (secondary N) is 2. The molecule has 1 fully saturated rings. The first-order chi connectivity index (χ1) is 13.2. The fourth-order valence-electron chi connectivity index (χ4n) is 3.20. The second-order valence-corrected chi connectivity index (χ2v) is 6.63. The third kappa shape index (κ3) is 5.05. The van der Waals surface area contributed by atoms with E-state index >= 15 is 0 Å². The van der Waals surface area contributed by atoms with Crippen molar-refractivity contribution in [2.75, 3.05) is 38.7 Å². The summed E-state index contributed by atoms with van der Waals surface area (Å²) in [7, 11) is 1.67. The Hall–Kier alpha value is -2.45. The lowest BCUT2D eigenvalue weighted by Gasteiger charge is -2.23. The van der Waals surface area contributed by atoms with Gasteiger partial charge < -0.3 is 20.1 Å². The van der Waals surface area contributed by atoms with Gasteiger partial charge in [0.25, 0.3) is 5.91 Å². The number of aromatic nitrogens is 3. The van der Waals surface area contributed by atoms with E-state index in [4.69, 9.17) is 9.47 Å². The van der Waals surface area contributed by atoms with E-state index in [2.05, 4.69) is 20.9 Å². The molecule has 146 valence electrons. The molecule has 0 aliphatic carbocycles. The molecule has 8 nitrogen and oxygen atoms in total. The lowest BCUT2D eigenvalue weighted by Crippen LogP contribution is -2.30. The van der Waals surface area contributed by atoms with Gasteiger partial charge in [0.05, 0.1) is 18.3 Å². The molecule has 2 heterocycles. The fourth-order valence-corrected chi connectivity index (χ4v) is 3.20. The van der Waals surface area contributed by atoms with Crippen LogP contribution in [0.15, 0.2) is 24.3 Å².